The first-order valence-electron chi connectivity index (χ1n) is 8.24. The number of rotatable bonds is 4. The van der Waals surface area contributed by atoms with Crippen LogP contribution in [0.4, 0.5) is 0 Å². The summed E-state index contributed by atoms with van der Waals surface area (Å²) in [6, 6.07) is 1.89. The molecule has 0 radical (unpaired) electrons. The molecule has 0 spiro atoms. The van der Waals surface area contributed by atoms with E-state index in [2.05, 4.69) is 0 Å². The van der Waals surface area contributed by atoms with Gasteiger partial charge in [0.25, 0.3) is 5.91 Å². The Morgan fingerprint density at radius 2 is 2.32 bits per heavy atom. The fourth-order valence-corrected chi connectivity index (χ4v) is 3.88. The molecule has 1 aromatic rings. The van der Waals surface area contributed by atoms with Gasteiger partial charge in [-0.3, -0.25) is 4.79 Å². The van der Waals surface area contributed by atoms with Gasteiger partial charge in [-0.2, -0.15) is 0 Å². The minimum absolute atomic E-state index is 0.0700. The SMILES string of the molecule is CCc1occc1C(=O)N1CCOC[C@@H]1[C@H]1CCC[C@H]1OC. The van der Waals surface area contributed by atoms with E-state index in [-0.39, 0.29) is 18.1 Å². The highest BCUT2D eigenvalue weighted by Crippen LogP contribution is 2.34. The predicted molar refractivity (Wildman–Crippen MR) is 81.9 cm³/mol. The van der Waals surface area contributed by atoms with E-state index in [1.165, 1.54) is 0 Å². The fraction of sp³-hybridized carbons (Fsp3) is 0.706. The van der Waals surface area contributed by atoms with E-state index in [0.717, 1.165) is 31.4 Å². The molecule has 0 bridgehead atoms. The Morgan fingerprint density at radius 1 is 1.45 bits per heavy atom. The van der Waals surface area contributed by atoms with Crippen molar-refractivity contribution in [2.24, 2.45) is 5.92 Å². The normalized spacial score (nSPS) is 29.0. The molecule has 5 heteroatoms. The molecule has 2 aliphatic rings. The molecule has 0 unspecified atom stereocenters. The number of hydrogen-bond acceptors (Lipinski definition) is 4. The smallest absolute Gasteiger partial charge is 0.257 e. The molecular weight excluding hydrogens is 282 g/mol. The molecule has 5 nitrogen and oxygen atoms in total. The van der Waals surface area contributed by atoms with Gasteiger partial charge in [0.1, 0.15) is 5.76 Å². The lowest BCUT2D eigenvalue weighted by Crippen LogP contribution is -2.53. The third kappa shape index (κ3) is 2.79. The fourth-order valence-electron chi connectivity index (χ4n) is 3.88. The average Bonchev–Trinajstić information content (AvgIpc) is 3.22. The second kappa shape index (κ2) is 6.84. The largest absolute Gasteiger partial charge is 0.469 e. The topological polar surface area (TPSA) is 51.9 Å². The van der Waals surface area contributed by atoms with Gasteiger partial charge >= 0.3 is 0 Å². The number of morpholine rings is 1. The number of aryl methyl sites for hydroxylation is 1. The first kappa shape index (κ1) is 15.6. The minimum Gasteiger partial charge on any atom is -0.469 e. The van der Waals surface area contributed by atoms with E-state index < -0.39 is 0 Å². The lowest BCUT2D eigenvalue weighted by molar-refractivity contribution is -0.0461. The molecule has 1 saturated heterocycles. The van der Waals surface area contributed by atoms with Crippen LogP contribution in [0.2, 0.25) is 0 Å². The van der Waals surface area contributed by atoms with E-state index in [1.807, 2.05) is 11.8 Å². The lowest BCUT2D eigenvalue weighted by atomic mass is 9.93. The number of furan rings is 1. The van der Waals surface area contributed by atoms with Crippen molar-refractivity contribution in [1.29, 1.82) is 0 Å². The van der Waals surface area contributed by atoms with Crippen LogP contribution in [0.5, 0.6) is 0 Å². The Labute approximate surface area is 131 Å². The van der Waals surface area contributed by atoms with Gasteiger partial charge in [0.15, 0.2) is 0 Å². The molecule has 1 aliphatic heterocycles. The maximum absolute atomic E-state index is 13.0. The summed E-state index contributed by atoms with van der Waals surface area (Å²) in [7, 11) is 1.77. The van der Waals surface area contributed by atoms with Crippen molar-refractivity contribution in [1.82, 2.24) is 4.90 Å². The van der Waals surface area contributed by atoms with Crippen LogP contribution in [0.25, 0.3) is 0 Å². The molecular formula is C17H25NO4. The maximum Gasteiger partial charge on any atom is 0.257 e. The molecule has 2 heterocycles. The van der Waals surface area contributed by atoms with E-state index in [1.54, 1.807) is 19.4 Å². The van der Waals surface area contributed by atoms with Crippen LogP contribution in [-0.2, 0) is 15.9 Å². The molecule has 122 valence electrons. The molecule has 22 heavy (non-hydrogen) atoms. The summed E-state index contributed by atoms with van der Waals surface area (Å²) in [5.41, 5.74) is 0.696. The first-order valence-corrected chi connectivity index (χ1v) is 8.24. The van der Waals surface area contributed by atoms with Crippen LogP contribution < -0.4 is 0 Å². The Bertz CT molecular complexity index is 513. The second-order valence-electron chi connectivity index (χ2n) is 6.12. The lowest BCUT2D eigenvalue weighted by Gasteiger charge is -2.40. The van der Waals surface area contributed by atoms with Crippen LogP contribution in [0.3, 0.4) is 0 Å². The molecule has 1 amide bonds. The zero-order valence-corrected chi connectivity index (χ0v) is 13.4. The zero-order valence-electron chi connectivity index (χ0n) is 13.4. The standard InChI is InChI=1S/C17H25NO4/c1-3-15-13(7-9-22-15)17(19)18-8-10-21-11-14(18)12-5-4-6-16(12)20-2/h7,9,12,14,16H,3-6,8,10-11H2,1-2H3/t12-,14-,16-/m1/s1. The number of nitrogens with zero attached hydrogens (tertiary/aromatic N) is 1. The summed E-state index contributed by atoms with van der Waals surface area (Å²) in [4.78, 5) is 15.0. The van der Waals surface area contributed by atoms with Crippen LogP contribution in [0.15, 0.2) is 16.7 Å². The van der Waals surface area contributed by atoms with Crippen LogP contribution in [0.1, 0.15) is 42.3 Å². The van der Waals surface area contributed by atoms with Gasteiger partial charge in [0.2, 0.25) is 0 Å². The molecule has 0 N–H and O–H groups in total. The Balaban J connectivity index is 1.82. The number of ether oxygens (including phenoxy) is 2. The summed E-state index contributed by atoms with van der Waals surface area (Å²) >= 11 is 0. The molecule has 1 saturated carbocycles. The number of hydrogen-bond donors (Lipinski definition) is 0. The van der Waals surface area contributed by atoms with E-state index in [4.69, 9.17) is 13.9 Å². The number of amides is 1. The van der Waals surface area contributed by atoms with Crippen LogP contribution in [0, 0.1) is 5.92 Å². The summed E-state index contributed by atoms with van der Waals surface area (Å²) in [6.07, 6.45) is 5.90. The van der Waals surface area contributed by atoms with Crippen molar-refractivity contribution >= 4 is 5.91 Å². The monoisotopic (exact) mass is 307 g/mol. The highest BCUT2D eigenvalue weighted by molar-refractivity contribution is 5.95. The molecule has 0 aromatic carbocycles. The van der Waals surface area contributed by atoms with Gasteiger partial charge in [0.05, 0.1) is 37.2 Å². The number of carbonyl (C=O) groups is 1. The average molecular weight is 307 g/mol. The van der Waals surface area contributed by atoms with Gasteiger partial charge < -0.3 is 18.8 Å². The van der Waals surface area contributed by atoms with Gasteiger partial charge in [-0.25, -0.2) is 0 Å². The summed E-state index contributed by atoms with van der Waals surface area (Å²) in [5.74, 6) is 1.21. The maximum atomic E-state index is 13.0. The van der Waals surface area contributed by atoms with Crippen molar-refractivity contribution in [2.75, 3.05) is 26.9 Å². The van der Waals surface area contributed by atoms with Gasteiger partial charge in [-0.15, -0.1) is 0 Å². The molecule has 1 aliphatic carbocycles. The summed E-state index contributed by atoms with van der Waals surface area (Å²) < 4.78 is 16.7. The van der Waals surface area contributed by atoms with E-state index in [9.17, 15) is 4.79 Å². The van der Waals surface area contributed by atoms with Gasteiger partial charge in [-0.1, -0.05) is 13.3 Å². The molecule has 3 rings (SSSR count). The Hall–Kier alpha value is -1.33. The minimum atomic E-state index is 0.0700. The van der Waals surface area contributed by atoms with Crippen LogP contribution >= 0.6 is 0 Å². The van der Waals surface area contributed by atoms with Crippen molar-refractivity contribution in [2.45, 2.75) is 44.8 Å². The van der Waals surface area contributed by atoms with Crippen molar-refractivity contribution < 1.29 is 18.7 Å². The first-order chi connectivity index (χ1) is 10.8. The highest BCUT2D eigenvalue weighted by Gasteiger charge is 2.41. The van der Waals surface area contributed by atoms with Crippen molar-refractivity contribution in [3.8, 4) is 0 Å². The van der Waals surface area contributed by atoms with Gasteiger partial charge in [0, 0.05) is 26.0 Å². The Morgan fingerprint density at radius 3 is 3.09 bits per heavy atom. The molecule has 1 aromatic heterocycles. The number of methoxy groups -OCH3 is 1. The zero-order chi connectivity index (χ0) is 15.5. The molecule has 3 atom stereocenters. The van der Waals surface area contributed by atoms with E-state index in [0.29, 0.717) is 31.2 Å². The van der Waals surface area contributed by atoms with Crippen molar-refractivity contribution in [3.63, 3.8) is 0 Å². The third-order valence-electron chi connectivity index (χ3n) is 5.02. The Kier molecular flexibility index (Phi) is 4.84. The van der Waals surface area contributed by atoms with Gasteiger partial charge in [-0.05, 0) is 18.9 Å². The second-order valence-corrected chi connectivity index (χ2v) is 6.12. The predicted octanol–water partition coefficient (Wildman–Crippen LogP) is 2.50. The van der Waals surface area contributed by atoms with Crippen LogP contribution in [-0.4, -0.2) is 49.8 Å². The third-order valence-corrected chi connectivity index (χ3v) is 5.02. The summed E-state index contributed by atoms with van der Waals surface area (Å²) in [5, 5.41) is 0. The summed E-state index contributed by atoms with van der Waals surface area (Å²) in [6.45, 7) is 3.86. The quantitative estimate of drug-likeness (QED) is 0.857. The molecule has 2 fully saturated rings. The van der Waals surface area contributed by atoms with Crippen molar-refractivity contribution in [3.05, 3.63) is 23.7 Å². The van der Waals surface area contributed by atoms with E-state index >= 15 is 0 Å². The number of carbonyl (C=O) groups excluding carboxylic acids is 1. The highest BCUT2D eigenvalue weighted by atomic mass is 16.5.